The fourth-order valence-corrected chi connectivity index (χ4v) is 3.37. The number of nitrogens with one attached hydrogen (secondary N) is 1. The van der Waals surface area contributed by atoms with Gasteiger partial charge in [-0.1, -0.05) is 25.1 Å². The number of hydrogen-bond donors (Lipinski definition) is 1. The third-order valence-electron chi connectivity index (χ3n) is 3.75. The van der Waals surface area contributed by atoms with E-state index < -0.39 is 0 Å². The van der Waals surface area contributed by atoms with E-state index in [9.17, 15) is 0 Å². The van der Waals surface area contributed by atoms with Crippen LogP contribution in [0.1, 0.15) is 30.5 Å². The van der Waals surface area contributed by atoms with E-state index in [0.29, 0.717) is 6.04 Å². The Balaban J connectivity index is 1.90. The van der Waals surface area contributed by atoms with Gasteiger partial charge in [-0.3, -0.25) is 4.98 Å². The lowest BCUT2D eigenvalue weighted by molar-refractivity contribution is 0.532. The summed E-state index contributed by atoms with van der Waals surface area (Å²) in [6.45, 7) is 3.25. The van der Waals surface area contributed by atoms with Gasteiger partial charge in [-0.15, -0.1) is 0 Å². The lowest BCUT2D eigenvalue weighted by Gasteiger charge is -2.18. The third kappa shape index (κ3) is 3.31. The van der Waals surface area contributed by atoms with Gasteiger partial charge in [-0.2, -0.15) is 11.3 Å². The predicted octanol–water partition coefficient (Wildman–Crippen LogP) is 4.58. The number of rotatable bonds is 6. The first-order valence-corrected chi connectivity index (χ1v) is 8.41. The molecule has 1 aromatic carbocycles. The summed E-state index contributed by atoms with van der Waals surface area (Å²) in [7, 11) is 0. The van der Waals surface area contributed by atoms with Crippen molar-refractivity contribution in [1.29, 1.82) is 0 Å². The second-order valence-corrected chi connectivity index (χ2v) is 6.03. The number of aromatic nitrogens is 1. The number of fused-ring (bicyclic) bond motifs is 1. The lowest BCUT2D eigenvalue weighted by Crippen LogP contribution is -2.23. The van der Waals surface area contributed by atoms with Gasteiger partial charge in [0.2, 0.25) is 0 Å². The quantitative estimate of drug-likeness (QED) is 0.720. The summed E-state index contributed by atoms with van der Waals surface area (Å²) in [4.78, 5) is 4.46. The largest absolute Gasteiger partial charge is 0.310 e. The van der Waals surface area contributed by atoms with Crippen molar-refractivity contribution in [1.82, 2.24) is 10.3 Å². The highest BCUT2D eigenvalue weighted by molar-refractivity contribution is 7.07. The zero-order valence-corrected chi connectivity index (χ0v) is 13.1. The summed E-state index contributed by atoms with van der Waals surface area (Å²) in [6.07, 6.45) is 4.07. The molecule has 0 fully saturated rings. The van der Waals surface area contributed by atoms with Gasteiger partial charge in [-0.05, 0) is 59.5 Å². The van der Waals surface area contributed by atoms with Crippen LogP contribution in [0, 0.1) is 0 Å². The summed E-state index contributed by atoms with van der Waals surface area (Å²) in [5.41, 5.74) is 3.82. The second-order valence-electron chi connectivity index (χ2n) is 5.25. The molecule has 0 aliphatic carbocycles. The fraction of sp³-hybridized carbons (Fsp3) is 0.278. The summed E-state index contributed by atoms with van der Waals surface area (Å²) < 4.78 is 0. The number of pyridine rings is 1. The minimum Gasteiger partial charge on any atom is -0.310 e. The van der Waals surface area contributed by atoms with Crippen molar-refractivity contribution in [2.24, 2.45) is 0 Å². The van der Waals surface area contributed by atoms with Crippen LogP contribution in [0.15, 0.2) is 53.4 Å². The van der Waals surface area contributed by atoms with Crippen LogP contribution in [-0.2, 0) is 6.42 Å². The van der Waals surface area contributed by atoms with Gasteiger partial charge < -0.3 is 5.32 Å². The van der Waals surface area contributed by atoms with Crippen LogP contribution in [-0.4, -0.2) is 11.5 Å². The number of para-hydroxylation sites is 1. The molecule has 0 aliphatic rings. The van der Waals surface area contributed by atoms with Gasteiger partial charge in [0.05, 0.1) is 5.52 Å². The number of benzene rings is 1. The monoisotopic (exact) mass is 296 g/mol. The summed E-state index contributed by atoms with van der Waals surface area (Å²) >= 11 is 1.76. The van der Waals surface area contributed by atoms with Crippen LogP contribution in [0.2, 0.25) is 0 Å². The molecular formula is C18H20N2S. The Morgan fingerprint density at radius 2 is 2.10 bits per heavy atom. The topological polar surface area (TPSA) is 24.9 Å². The van der Waals surface area contributed by atoms with Crippen LogP contribution in [0.5, 0.6) is 0 Å². The molecule has 0 spiro atoms. The van der Waals surface area contributed by atoms with Gasteiger partial charge in [0.1, 0.15) is 0 Å². The molecule has 1 unspecified atom stereocenters. The van der Waals surface area contributed by atoms with E-state index >= 15 is 0 Å². The molecule has 0 bridgehead atoms. The first kappa shape index (κ1) is 14.2. The Kier molecular flexibility index (Phi) is 4.63. The highest BCUT2D eigenvalue weighted by Crippen LogP contribution is 2.24. The number of nitrogens with zero attached hydrogens (tertiary/aromatic N) is 1. The SMILES string of the molecule is CCCNC(Cc1ccnc2ccccc12)c1ccsc1. The molecule has 3 aromatic rings. The van der Waals surface area contributed by atoms with Crippen LogP contribution in [0.4, 0.5) is 0 Å². The average molecular weight is 296 g/mol. The zero-order valence-electron chi connectivity index (χ0n) is 12.3. The standard InChI is InChI=1S/C18H20N2S/c1-2-9-19-18(15-8-11-21-13-15)12-14-7-10-20-17-6-4-3-5-16(14)17/h3-8,10-11,13,18-19H,2,9,12H2,1H3. The Bertz CT molecular complexity index is 686. The molecule has 3 rings (SSSR count). The van der Waals surface area contributed by atoms with Crippen molar-refractivity contribution in [3.63, 3.8) is 0 Å². The molecule has 0 saturated heterocycles. The first-order valence-electron chi connectivity index (χ1n) is 7.46. The van der Waals surface area contributed by atoms with Gasteiger partial charge in [0.15, 0.2) is 0 Å². The maximum atomic E-state index is 4.46. The van der Waals surface area contributed by atoms with Crippen molar-refractivity contribution in [2.75, 3.05) is 6.54 Å². The maximum absolute atomic E-state index is 4.46. The van der Waals surface area contributed by atoms with Gasteiger partial charge in [0, 0.05) is 17.6 Å². The first-order chi connectivity index (χ1) is 10.4. The van der Waals surface area contributed by atoms with Gasteiger partial charge in [0.25, 0.3) is 0 Å². The van der Waals surface area contributed by atoms with E-state index in [4.69, 9.17) is 0 Å². The second kappa shape index (κ2) is 6.83. The molecular weight excluding hydrogens is 276 g/mol. The van der Waals surface area contributed by atoms with E-state index in [0.717, 1.165) is 24.9 Å². The van der Waals surface area contributed by atoms with Crippen molar-refractivity contribution in [2.45, 2.75) is 25.8 Å². The predicted molar refractivity (Wildman–Crippen MR) is 90.8 cm³/mol. The fourth-order valence-electron chi connectivity index (χ4n) is 2.65. The molecule has 1 atom stereocenters. The number of thiophene rings is 1. The molecule has 108 valence electrons. The molecule has 0 radical (unpaired) electrons. The van der Waals surface area contributed by atoms with Gasteiger partial charge in [-0.25, -0.2) is 0 Å². The van der Waals surface area contributed by atoms with Crippen molar-refractivity contribution in [3.8, 4) is 0 Å². The van der Waals surface area contributed by atoms with Crippen LogP contribution >= 0.6 is 11.3 Å². The van der Waals surface area contributed by atoms with E-state index in [2.05, 4.69) is 58.3 Å². The van der Waals surface area contributed by atoms with E-state index in [1.54, 1.807) is 11.3 Å². The normalized spacial score (nSPS) is 12.6. The highest BCUT2D eigenvalue weighted by Gasteiger charge is 2.13. The van der Waals surface area contributed by atoms with Crippen molar-refractivity contribution in [3.05, 3.63) is 64.5 Å². The molecule has 0 aliphatic heterocycles. The number of hydrogen-bond acceptors (Lipinski definition) is 3. The summed E-state index contributed by atoms with van der Waals surface area (Å²) in [5, 5.41) is 9.33. The Hall–Kier alpha value is -1.71. The molecule has 2 nitrogen and oxygen atoms in total. The zero-order chi connectivity index (χ0) is 14.5. The van der Waals surface area contributed by atoms with Crippen LogP contribution in [0.3, 0.4) is 0 Å². The smallest absolute Gasteiger partial charge is 0.0704 e. The molecule has 21 heavy (non-hydrogen) atoms. The van der Waals surface area contributed by atoms with Crippen molar-refractivity contribution >= 4 is 22.2 Å². The van der Waals surface area contributed by atoms with Gasteiger partial charge >= 0.3 is 0 Å². The lowest BCUT2D eigenvalue weighted by atomic mass is 9.98. The highest BCUT2D eigenvalue weighted by atomic mass is 32.1. The molecule has 2 heterocycles. The van der Waals surface area contributed by atoms with E-state index in [-0.39, 0.29) is 0 Å². The molecule has 0 amide bonds. The van der Waals surface area contributed by atoms with E-state index in [1.807, 2.05) is 12.3 Å². The summed E-state index contributed by atoms with van der Waals surface area (Å²) in [5.74, 6) is 0. The average Bonchev–Trinajstić information content (AvgIpc) is 3.06. The molecule has 1 N–H and O–H groups in total. The van der Waals surface area contributed by atoms with E-state index in [1.165, 1.54) is 16.5 Å². The minimum absolute atomic E-state index is 0.377. The summed E-state index contributed by atoms with van der Waals surface area (Å²) in [6, 6.07) is 13.1. The Labute approximate surface area is 129 Å². The third-order valence-corrected chi connectivity index (χ3v) is 4.45. The van der Waals surface area contributed by atoms with Crippen LogP contribution in [0.25, 0.3) is 10.9 Å². The molecule has 2 aromatic heterocycles. The Morgan fingerprint density at radius 1 is 1.19 bits per heavy atom. The molecule has 3 heteroatoms. The molecule has 0 saturated carbocycles. The van der Waals surface area contributed by atoms with Crippen molar-refractivity contribution < 1.29 is 0 Å². The van der Waals surface area contributed by atoms with Crippen LogP contribution < -0.4 is 5.32 Å². The Morgan fingerprint density at radius 3 is 2.90 bits per heavy atom. The minimum atomic E-state index is 0.377. The maximum Gasteiger partial charge on any atom is 0.0704 e.